The summed E-state index contributed by atoms with van der Waals surface area (Å²) in [5.74, 6) is 2.32. The Morgan fingerprint density at radius 3 is 3.04 bits per heavy atom. The van der Waals surface area contributed by atoms with Crippen LogP contribution in [0.3, 0.4) is 0 Å². The average molecular weight is 309 g/mol. The van der Waals surface area contributed by atoms with E-state index in [-0.39, 0.29) is 17.7 Å². The van der Waals surface area contributed by atoms with Crippen LogP contribution >= 0.6 is 0 Å². The van der Waals surface area contributed by atoms with Gasteiger partial charge in [-0.2, -0.15) is 0 Å². The highest BCUT2D eigenvalue weighted by Crippen LogP contribution is 2.47. The van der Waals surface area contributed by atoms with Crippen LogP contribution < -0.4 is 5.32 Å². The lowest BCUT2D eigenvalue weighted by Gasteiger charge is -2.08. The van der Waals surface area contributed by atoms with Gasteiger partial charge < -0.3 is 14.3 Å². The van der Waals surface area contributed by atoms with Crippen LogP contribution in [-0.4, -0.2) is 22.0 Å². The minimum atomic E-state index is 0.0572. The van der Waals surface area contributed by atoms with Gasteiger partial charge >= 0.3 is 0 Å². The molecule has 2 atom stereocenters. The molecule has 2 aromatic heterocycles. The predicted molar refractivity (Wildman–Crippen MR) is 87.0 cm³/mol. The number of hydrogen-bond acceptors (Lipinski definition) is 3. The van der Waals surface area contributed by atoms with E-state index in [4.69, 9.17) is 4.42 Å². The normalized spacial score (nSPS) is 19.9. The molecule has 1 fully saturated rings. The summed E-state index contributed by atoms with van der Waals surface area (Å²) in [6, 6.07) is 11.9. The summed E-state index contributed by atoms with van der Waals surface area (Å²) < 4.78 is 7.52. The molecule has 0 aliphatic heterocycles. The lowest BCUT2D eigenvalue weighted by atomic mass is 10.2. The van der Waals surface area contributed by atoms with E-state index in [1.165, 1.54) is 0 Å². The third-order valence-electron chi connectivity index (χ3n) is 4.52. The zero-order valence-electron chi connectivity index (χ0n) is 13.0. The molecular weight excluding hydrogens is 290 g/mol. The maximum Gasteiger partial charge on any atom is 0.223 e. The van der Waals surface area contributed by atoms with Crippen molar-refractivity contribution in [1.82, 2.24) is 14.9 Å². The number of hydrogen-bond donors (Lipinski definition) is 1. The second-order valence-corrected chi connectivity index (χ2v) is 6.05. The largest absolute Gasteiger partial charge is 0.469 e. The van der Waals surface area contributed by atoms with E-state index in [0.717, 1.165) is 35.6 Å². The molecule has 1 N–H and O–H groups in total. The molecule has 5 nitrogen and oxygen atoms in total. The van der Waals surface area contributed by atoms with Crippen LogP contribution in [0.1, 0.15) is 23.9 Å². The Bertz CT molecular complexity index is 835. The van der Waals surface area contributed by atoms with Gasteiger partial charge in [0.2, 0.25) is 5.91 Å². The Balaban J connectivity index is 1.35. The maximum absolute atomic E-state index is 12.2. The zero-order valence-corrected chi connectivity index (χ0v) is 13.0. The van der Waals surface area contributed by atoms with Crippen molar-refractivity contribution in [3.63, 3.8) is 0 Å². The minimum Gasteiger partial charge on any atom is -0.469 e. The van der Waals surface area contributed by atoms with Gasteiger partial charge in [-0.1, -0.05) is 12.1 Å². The number of fused-ring (bicyclic) bond motifs is 1. The molecule has 3 aromatic rings. The van der Waals surface area contributed by atoms with Crippen LogP contribution in [0.5, 0.6) is 0 Å². The van der Waals surface area contributed by atoms with Gasteiger partial charge in [-0.3, -0.25) is 4.79 Å². The third-order valence-corrected chi connectivity index (χ3v) is 4.52. The molecule has 23 heavy (non-hydrogen) atoms. The van der Waals surface area contributed by atoms with Gasteiger partial charge in [0, 0.05) is 24.9 Å². The molecule has 1 amide bonds. The quantitative estimate of drug-likeness (QED) is 0.788. The summed E-state index contributed by atoms with van der Waals surface area (Å²) in [7, 11) is 0. The van der Waals surface area contributed by atoms with E-state index in [9.17, 15) is 4.79 Å². The SMILES string of the molecule is Cc1nc2ccccc2n1CCNC(=O)[C@@H]1C[C@H]1c1ccco1. The first kappa shape index (κ1) is 14.1. The summed E-state index contributed by atoms with van der Waals surface area (Å²) in [6.07, 6.45) is 2.54. The number of benzene rings is 1. The number of carbonyl (C=O) groups excluding carboxylic acids is 1. The second kappa shape index (κ2) is 5.57. The van der Waals surface area contributed by atoms with E-state index in [1.807, 2.05) is 37.3 Å². The average Bonchev–Trinajstić information content (AvgIpc) is 3.03. The van der Waals surface area contributed by atoms with Crippen molar-refractivity contribution in [3.8, 4) is 0 Å². The Labute approximate surface area is 134 Å². The maximum atomic E-state index is 12.2. The first-order chi connectivity index (χ1) is 11.2. The zero-order chi connectivity index (χ0) is 15.8. The highest BCUT2D eigenvalue weighted by atomic mass is 16.3. The van der Waals surface area contributed by atoms with Gasteiger partial charge in [-0.25, -0.2) is 4.98 Å². The van der Waals surface area contributed by atoms with Gasteiger partial charge in [-0.15, -0.1) is 0 Å². The predicted octanol–water partition coefficient (Wildman–Crippen LogP) is 2.86. The van der Waals surface area contributed by atoms with Crippen LogP contribution in [0.15, 0.2) is 47.1 Å². The second-order valence-electron chi connectivity index (χ2n) is 6.05. The van der Waals surface area contributed by atoms with Crippen molar-refractivity contribution in [3.05, 3.63) is 54.2 Å². The van der Waals surface area contributed by atoms with Crippen molar-refractivity contribution < 1.29 is 9.21 Å². The molecule has 0 spiro atoms. The summed E-state index contributed by atoms with van der Waals surface area (Å²) in [5.41, 5.74) is 2.11. The molecule has 1 aliphatic rings. The molecule has 0 saturated heterocycles. The van der Waals surface area contributed by atoms with Crippen molar-refractivity contribution in [2.75, 3.05) is 6.54 Å². The lowest BCUT2D eigenvalue weighted by Crippen LogP contribution is -2.29. The number of aromatic nitrogens is 2. The molecule has 5 heteroatoms. The molecule has 0 unspecified atom stereocenters. The molecule has 0 radical (unpaired) electrons. The topological polar surface area (TPSA) is 60.1 Å². The molecule has 1 saturated carbocycles. The van der Waals surface area contributed by atoms with Gasteiger partial charge in [0.25, 0.3) is 0 Å². The van der Waals surface area contributed by atoms with Crippen molar-refractivity contribution >= 4 is 16.9 Å². The molecule has 1 aromatic carbocycles. The summed E-state index contributed by atoms with van der Waals surface area (Å²) in [5, 5.41) is 3.04. The van der Waals surface area contributed by atoms with E-state index >= 15 is 0 Å². The summed E-state index contributed by atoms with van der Waals surface area (Å²) in [4.78, 5) is 16.8. The number of furan rings is 1. The molecule has 0 bridgehead atoms. The molecule has 4 rings (SSSR count). The van der Waals surface area contributed by atoms with Crippen molar-refractivity contribution in [1.29, 1.82) is 0 Å². The highest BCUT2D eigenvalue weighted by molar-refractivity contribution is 5.82. The van der Waals surface area contributed by atoms with Gasteiger partial charge in [0.15, 0.2) is 0 Å². The lowest BCUT2D eigenvalue weighted by molar-refractivity contribution is -0.122. The number of imidazole rings is 1. The number of nitrogens with one attached hydrogen (secondary N) is 1. The number of nitrogens with zero attached hydrogens (tertiary/aromatic N) is 2. The van der Waals surface area contributed by atoms with Crippen LogP contribution in [0.2, 0.25) is 0 Å². The molecule has 118 valence electrons. The van der Waals surface area contributed by atoms with Gasteiger partial charge in [-0.05, 0) is 37.6 Å². The van der Waals surface area contributed by atoms with Crippen LogP contribution in [0, 0.1) is 12.8 Å². The first-order valence-electron chi connectivity index (χ1n) is 7.97. The van der Waals surface area contributed by atoms with Crippen LogP contribution in [0.25, 0.3) is 11.0 Å². The molecular formula is C18H19N3O2. The Morgan fingerprint density at radius 1 is 1.35 bits per heavy atom. The summed E-state index contributed by atoms with van der Waals surface area (Å²) in [6.45, 7) is 3.34. The smallest absolute Gasteiger partial charge is 0.223 e. The molecule has 1 aliphatic carbocycles. The Morgan fingerprint density at radius 2 is 2.22 bits per heavy atom. The van der Waals surface area contributed by atoms with Crippen LogP contribution in [0.4, 0.5) is 0 Å². The van der Waals surface area contributed by atoms with Gasteiger partial charge in [0.05, 0.1) is 17.3 Å². The number of rotatable bonds is 5. The van der Waals surface area contributed by atoms with E-state index in [2.05, 4.69) is 20.9 Å². The highest BCUT2D eigenvalue weighted by Gasteiger charge is 2.45. The van der Waals surface area contributed by atoms with E-state index < -0.39 is 0 Å². The third kappa shape index (κ3) is 2.63. The first-order valence-corrected chi connectivity index (χ1v) is 7.97. The van der Waals surface area contributed by atoms with Crippen molar-refractivity contribution in [2.24, 2.45) is 5.92 Å². The minimum absolute atomic E-state index is 0.0572. The Hall–Kier alpha value is -2.56. The summed E-state index contributed by atoms with van der Waals surface area (Å²) >= 11 is 0. The number of para-hydroxylation sites is 2. The number of aryl methyl sites for hydroxylation is 1. The number of amides is 1. The van der Waals surface area contributed by atoms with Crippen LogP contribution in [-0.2, 0) is 11.3 Å². The fourth-order valence-electron chi connectivity index (χ4n) is 3.20. The van der Waals surface area contributed by atoms with E-state index in [0.29, 0.717) is 6.54 Å². The fraction of sp³-hybridized carbons (Fsp3) is 0.333. The van der Waals surface area contributed by atoms with Crippen molar-refractivity contribution in [2.45, 2.75) is 25.8 Å². The monoisotopic (exact) mass is 309 g/mol. The van der Waals surface area contributed by atoms with Gasteiger partial charge in [0.1, 0.15) is 11.6 Å². The Kier molecular flexibility index (Phi) is 3.41. The fourth-order valence-corrected chi connectivity index (χ4v) is 3.20. The number of carbonyl (C=O) groups is 1. The standard InChI is InChI=1S/C18H19N3O2/c1-12-20-15-5-2-3-6-16(15)21(12)9-8-19-18(22)14-11-13(14)17-7-4-10-23-17/h2-7,10,13-14H,8-9,11H2,1H3,(H,19,22)/t13-,14-/m1/s1. The molecule has 2 heterocycles. The van der Waals surface area contributed by atoms with E-state index in [1.54, 1.807) is 6.26 Å².